The van der Waals surface area contributed by atoms with Crippen LogP contribution in [0.2, 0.25) is 0 Å². The summed E-state index contributed by atoms with van der Waals surface area (Å²) in [7, 11) is 1.64. The summed E-state index contributed by atoms with van der Waals surface area (Å²) >= 11 is 1.40. The van der Waals surface area contributed by atoms with Crippen molar-refractivity contribution in [3.05, 3.63) is 62.9 Å². The molecule has 0 fully saturated rings. The molecule has 0 aliphatic rings. The van der Waals surface area contributed by atoms with Gasteiger partial charge in [-0.1, -0.05) is 62.1 Å². The van der Waals surface area contributed by atoms with Crippen molar-refractivity contribution in [2.24, 2.45) is 0 Å². The van der Waals surface area contributed by atoms with Crippen LogP contribution in [0.25, 0.3) is 22.1 Å². The highest BCUT2D eigenvalue weighted by atomic mass is 32.1. The lowest BCUT2D eigenvalue weighted by atomic mass is 10.1. The molecule has 156 valence electrons. The van der Waals surface area contributed by atoms with Gasteiger partial charge in [0.2, 0.25) is 0 Å². The van der Waals surface area contributed by atoms with Gasteiger partial charge in [0, 0.05) is 0 Å². The van der Waals surface area contributed by atoms with Crippen molar-refractivity contribution >= 4 is 33.4 Å². The van der Waals surface area contributed by atoms with Crippen molar-refractivity contribution in [3.63, 3.8) is 0 Å². The van der Waals surface area contributed by atoms with Gasteiger partial charge in [-0.15, -0.1) is 0 Å². The zero-order valence-electron chi connectivity index (χ0n) is 17.4. The van der Waals surface area contributed by atoms with E-state index in [-0.39, 0.29) is 5.56 Å². The molecular weight excluding hydrogens is 396 g/mol. The van der Waals surface area contributed by atoms with E-state index in [1.165, 1.54) is 37.0 Å². The molecule has 4 rings (SSSR count). The molecule has 0 saturated carbocycles. The Morgan fingerprint density at radius 3 is 2.73 bits per heavy atom. The minimum Gasteiger partial charge on any atom is -0.493 e. The van der Waals surface area contributed by atoms with Crippen molar-refractivity contribution in [2.45, 2.75) is 39.0 Å². The van der Waals surface area contributed by atoms with Crippen LogP contribution in [0.4, 0.5) is 0 Å². The molecule has 0 aliphatic carbocycles. The van der Waals surface area contributed by atoms with Crippen molar-refractivity contribution in [1.82, 2.24) is 9.38 Å². The highest BCUT2D eigenvalue weighted by Crippen LogP contribution is 2.28. The number of thiazole rings is 1. The van der Waals surface area contributed by atoms with Gasteiger partial charge in [-0.2, -0.15) is 0 Å². The molecule has 6 heteroatoms. The van der Waals surface area contributed by atoms with E-state index in [2.05, 4.69) is 11.9 Å². The smallest absolute Gasteiger partial charge is 0.274 e. The van der Waals surface area contributed by atoms with Gasteiger partial charge in [0.05, 0.1) is 29.3 Å². The van der Waals surface area contributed by atoms with Gasteiger partial charge >= 0.3 is 0 Å². The molecule has 0 N–H and O–H groups in total. The van der Waals surface area contributed by atoms with Crippen LogP contribution in [-0.2, 0) is 0 Å². The average molecular weight is 423 g/mol. The largest absolute Gasteiger partial charge is 0.493 e. The van der Waals surface area contributed by atoms with Crippen molar-refractivity contribution in [1.29, 1.82) is 0 Å². The lowest BCUT2D eigenvalue weighted by molar-refractivity contribution is 0.285. The summed E-state index contributed by atoms with van der Waals surface area (Å²) in [5, 5.41) is 0. The number of aromatic nitrogens is 2. The zero-order valence-corrected chi connectivity index (χ0v) is 18.2. The molecule has 0 unspecified atom stereocenters. The number of para-hydroxylation sites is 2. The third-order valence-corrected chi connectivity index (χ3v) is 6.10. The molecule has 4 aromatic rings. The Kier molecular flexibility index (Phi) is 6.33. The number of fused-ring (bicyclic) bond motifs is 3. The Bertz CT molecular complexity index is 1260. The fourth-order valence-electron chi connectivity index (χ4n) is 3.54. The van der Waals surface area contributed by atoms with Crippen molar-refractivity contribution in [2.75, 3.05) is 13.7 Å². The fraction of sp³-hybridized carbons (Fsp3) is 0.333. The first-order chi connectivity index (χ1) is 14.7. The number of unbranched alkanes of at least 4 members (excludes halogenated alkanes) is 4. The van der Waals surface area contributed by atoms with Crippen LogP contribution in [0.1, 0.15) is 44.6 Å². The molecule has 0 radical (unpaired) electrons. The maximum atomic E-state index is 12.9. The molecule has 0 atom stereocenters. The van der Waals surface area contributed by atoms with Gasteiger partial charge in [-0.3, -0.25) is 4.79 Å². The topological polar surface area (TPSA) is 52.8 Å². The number of methoxy groups -OCH3 is 1. The SMILES string of the molecule is CCCCCCCOc1ccc(/C=c2/sc3nc4ccccc4n3c2=O)cc1OC. The first kappa shape index (κ1) is 20.4. The zero-order chi connectivity index (χ0) is 20.9. The summed E-state index contributed by atoms with van der Waals surface area (Å²) in [6.07, 6.45) is 7.88. The minimum atomic E-state index is -0.0462. The van der Waals surface area contributed by atoms with E-state index in [1.54, 1.807) is 11.5 Å². The van der Waals surface area contributed by atoms with Crippen molar-refractivity contribution in [3.8, 4) is 11.5 Å². The molecule has 2 aromatic carbocycles. The average Bonchev–Trinajstić information content (AvgIpc) is 3.27. The van der Waals surface area contributed by atoms with E-state index >= 15 is 0 Å². The third kappa shape index (κ3) is 4.19. The predicted octanol–water partition coefficient (Wildman–Crippen LogP) is 4.81. The quantitative estimate of drug-likeness (QED) is 0.363. The van der Waals surface area contributed by atoms with Gasteiger partial charge in [0.25, 0.3) is 5.56 Å². The standard InChI is InChI=1S/C24H26N2O3S/c1-3-4-5-6-9-14-29-20-13-12-17(15-21(20)28-2)16-22-23(27)26-19-11-8-7-10-18(19)25-24(26)30-22/h7-8,10-13,15-16H,3-6,9,14H2,1-2H3/b22-16+. The van der Waals surface area contributed by atoms with E-state index in [1.807, 2.05) is 48.5 Å². The number of imidazole rings is 1. The van der Waals surface area contributed by atoms with E-state index in [9.17, 15) is 4.79 Å². The predicted molar refractivity (Wildman–Crippen MR) is 123 cm³/mol. The lowest BCUT2D eigenvalue weighted by Crippen LogP contribution is -2.22. The molecule has 0 amide bonds. The Labute approximate surface area is 179 Å². The molecule has 2 aromatic heterocycles. The van der Waals surface area contributed by atoms with Crippen LogP contribution in [0.5, 0.6) is 11.5 Å². The number of hydrogen-bond donors (Lipinski definition) is 0. The van der Waals surface area contributed by atoms with Crippen LogP contribution in [-0.4, -0.2) is 23.1 Å². The third-order valence-electron chi connectivity index (χ3n) is 5.14. The highest BCUT2D eigenvalue weighted by molar-refractivity contribution is 7.15. The number of hydrogen-bond acceptors (Lipinski definition) is 5. The molecule has 0 aliphatic heterocycles. The van der Waals surface area contributed by atoms with Gasteiger partial charge < -0.3 is 9.47 Å². The Balaban J connectivity index is 1.56. The summed E-state index contributed by atoms with van der Waals surface area (Å²) < 4.78 is 13.8. The van der Waals surface area contributed by atoms with Gasteiger partial charge in [-0.05, 0) is 42.3 Å². The Morgan fingerprint density at radius 1 is 1.07 bits per heavy atom. The summed E-state index contributed by atoms with van der Waals surface area (Å²) in [6.45, 7) is 2.90. The first-order valence-electron chi connectivity index (χ1n) is 10.4. The highest BCUT2D eigenvalue weighted by Gasteiger charge is 2.11. The molecular formula is C24H26N2O3S. The first-order valence-corrected chi connectivity index (χ1v) is 11.3. The summed E-state index contributed by atoms with van der Waals surface area (Å²) in [6, 6.07) is 13.5. The van der Waals surface area contributed by atoms with Crippen LogP contribution < -0.4 is 19.6 Å². The van der Waals surface area contributed by atoms with Crippen molar-refractivity contribution < 1.29 is 9.47 Å². The minimum absolute atomic E-state index is 0.0462. The van der Waals surface area contributed by atoms with Crippen LogP contribution in [0.15, 0.2) is 47.3 Å². The fourth-order valence-corrected chi connectivity index (χ4v) is 4.53. The molecule has 0 bridgehead atoms. The summed E-state index contributed by atoms with van der Waals surface area (Å²) in [5.74, 6) is 1.41. The lowest BCUT2D eigenvalue weighted by Gasteiger charge is -2.11. The van der Waals surface area contributed by atoms with E-state index < -0.39 is 0 Å². The van der Waals surface area contributed by atoms with Gasteiger partial charge in [-0.25, -0.2) is 9.38 Å². The second kappa shape index (κ2) is 9.30. The number of nitrogens with zero attached hydrogens (tertiary/aromatic N) is 2. The second-order valence-electron chi connectivity index (χ2n) is 7.31. The van der Waals surface area contributed by atoms with E-state index in [0.29, 0.717) is 21.8 Å². The second-order valence-corrected chi connectivity index (χ2v) is 8.32. The molecule has 0 spiro atoms. The number of ether oxygens (including phenoxy) is 2. The van der Waals surface area contributed by atoms with Crippen LogP contribution >= 0.6 is 11.3 Å². The van der Waals surface area contributed by atoms with Gasteiger partial charge in [0.15, 0.2) is 16.5 Å². The normalized spacial score (nSPS) is 12.1. The maximum absolute atomic E-state index is 12.9. The van der Waals surface area contributed by atoms with Gasteiger partial charge in [0.1, 0.15) is 0 Å². The Morgan fingerprint density at radius 2 is 1.90 bits per heavy atom. The summed E-state index contributed by atoms with van der Waals surface area (Å²) in [5.41, 5.74) is 2.53. The maximum Gasteiger partial charge on any atom is 0.274 e. The molecule has 0 saturated heterocycles. The van der Waals surface area contributed by atoms with Crippen LogP contribution in [0.3, 0.4) is 0 Å². The Hall–Kier alpha value is -2.86. The molecule has 2 heterocycles. The number of rotatable bonds is 9. The number of benzene rings is 2. The van der Waals surface area contributed by atoms with E-state index in [4.69, 9.17) is 9.47 Å². The van der Waals surface area contributed by atoms with Crippen LogP contribution in [0, 0.1) is 0 Å². The monoisotopic (exact) mass is 422 g/mol. The summed E-state index contributed by atoms with van der Waals surface area (Å²) in [4.78, 5) is 18.2. The molecule has 30 heavy (non-hydrogen) atoms. The molecule has 5 nitrogen and oxygen atoms in total. The van der Waals surface area contributed by atoms with E-state index in [0.717, 1.165) is 28.8 Å².